The summed E-state index contributed by atoms with van der Waals surface area (Å²) in [5.74, 6) is 0.882. The lowest BCUT2D eigenvalue weighted by atomic mass is 9.90. The third kappa shape index (κ3) is 5.47. The maximum atomic E-state index is 13.0. The number of anilines is 2. The number of methoxy groups -OCH3 is 2. The molecule has 3 heterocycles. The number of nitrogens with zero attached hydrogens (tertiary/aromatic N) is 5. The Morgan fingerprint density at radius 1 is 1.05 bits per heavy atom. The van der Waals surface area contributed by atoms with Crippen molar-refractivity contribution in [3.63, 3.8) is 0 Å². The summed E-state index contributed by atoms with van der Waals surface area (Å²) in [6.07, 6.45) is 5.11. The van der Waals surface area contributed by atoms with Gasteiger partial charge in [0.25, 0.3) is 5.91 Å². The first-order valence-corrected chi connectivity index (χ1v) is 14.4. The van der Waals surface area contributed by atoms with Crippen LogP contribution in [0.15, 0.2) is 54.7 Å². The first-order chi connectivity index (χ1) is 20.4. The van der Waals surface area contributed by atoms with Gasteiger partial charge in [0, 0.05) is 37.5 Å². The Morgan fingerprint density at radius 3 is 2.57 bits per heavy atom. The standard InChI is InChI=1S/C32H37N7O3/c1-38-16-14-23(15-17-38)34-31(40)21-10-12-24(26(18-21)41-3)35-32-33-19-22-11-13-25-27(28(22)36-32)29(39(2)37-25)30(42-4)20-8-6-5-7-9-20/h5-10,12,18-19,23,30H,11,13-17H2,1-4H3,(H,34,40)(H,33,35,36). The van der Waals surface area contributed by atoms with Crippen molar-refractivity contribution in [3.05, 3.63) is 82.8 Å². The number of hydrogen-bond donors (Lipinski definition) is 2. The van der Waals surface area contributed by atoms with E-state index in [-0.39, 0.29) is 18.1 Å². The highest BCUT2D eigenvalue weighted by atomic mass is 16.5. The van der Waals surface area contributed by atoms with Crippen LogP contribution in [0.5, 0.6) is 5.75 Å². The summed E-state index contributed by atoms with van der Waals surface area (Å²) in [5, 5.41) is 11.3. The fourth-order valence-corrected chi connectivity index (χ4v) is 5.96. The van der Waals surface area contributed by atoms with Crippen molar-refractivity contribution in [2.24, 2.45) is 7.05 Å². The molecule has 42 heavy (non-hydrogen) atoms. The number of aryl methyl sites for hydroxylation is 3. The molecule has 1 amide bonds. The Hall–Kier alpha value is -4.28. The van der Waals surface area contributed by atoms with E-state index in [0.717, 1.165) is 72.5 Å². The summed E-state index contributed by atoms with van der Waals surface area (Å²) >= 11 is 0. The minimum absolute atomic E-state index is 0.0952. The van der Waals surface area contributed by atoms with Gasteiger partial charge in [-0.1, -0.05) is 30.3 Å². The number of hydrogen-bond acceptors (Lipinski definition) is 8. The number of piperidine rings is 1. The van der Waals surface area contributed by atoms with Crippen LogP contribution in [0.3, 0.4) is 0 Å². The topological polar surface area (TPSA) is 106 Å². The molecule has 1 unspecified atom stereocenters. The SMILES string of the molecule is COc1cc(C(=O)NC2CCN(C)CC2)ccc1Nc1ncc2c(n1)-c1c(nn(C)c1C(OC)c1ccccc1)CC2. The average molecular weight is 568 g/mol. The summed E-state index contributed by atoms with van der Waals surface area (Å²) in [7, 11) is 7.38. The highest BCUT2D eigenvalue weighted by molar-refractivity contribution is 5.95. The molecule has 0 radical (unpaired) electrons. The second kappa shape index (κ2) is 11.9. The number of amides is 1. The number of carbonyl (C=O) groups excluding carboxylic acids is 1. The molecule has 0 spiro atoms. The number of benzene rings is 2. The van der Waals surface area contributed by atoms with Crippen LogP contribution in [-0.2, 0) is 24.6 Å². The van der Waals surface area contributed by atoms with Gasteiger partial charge < -0.3 is 25.0 Å². The van der Waals surface area contributed by atoms with E-state index in [4.69, 9.17) is 19.6 Å². The van der Waals surface area contributed by atoms with E-state index in [0.29, 0.717) is 22.9 Å². The molecule has 2 aliphatic rings. The zero-order chi connectivity index (χ0) is 29.2. The van der Waals surface area contributed by atoms with Gasteiger partial charge in [-0.2, -0.15) is 5.10 Å². The molecule has 0 saturated carbocycles. The molecule has 1 aliphatic heterocycles. The van der Waals surface area contributed by atoms with Crippen molar-refractivity contribution in [2.45, 2.75) is 37.8 Å². The van der Waals surface area contributed by atoms with Crippen LogP contribution in [0.25, 0.3) is 11.3 Å². The molecule has 1 fully saturated rings. The molecule has 2 aromatic carbocycles. The third-order valence-corrected chi connectivity index (χ3v) is 8.25. The molecular formula is C32H37N7O3. The summed E-state index contributed by atoms with van der Waals surface area (Å²) in [5.41, 5.74) is 7.15. The van der Waals surface area contributed by atoms with Gasteiger partial charge in [0.05, 0.1) is 29.9 Å². The monoisotopic (exact) mass is 567 g/mol. The summed E-state index contributed by atoms with van der Waals surface area (Å²) < 4.78 is 13.6. The molecule has 1 aliphatic carbocycles. The van der Waals surface area contributed by atoms with E-state index < -0.39 is 0 Å². The van der Waals surface area contributed by atoms with Crippen LogP contribution >= 0.6 is 0 Å². The van der Waals surface area contributed by atoms with Gasteiger partial charge in [-0.05, 0) is 75.1 Å². The molecule has 6 rings (SSSR count). The molecular weight excluding hydrogens is 530 g/mol. The molecule has 2 N–H and O–H groups in total. The highest BCUT2D eigenvalue weighted by Crippen LogP contribution is 2.40. The zero-order valence-corrected chi connectivity index (χ0v) is 24.6. The Kier molecular flexibility index (Phi) is 7.90. The third-order valence-electron chi connectivity index (χ3n) is 8.25. The smallest absolute Gasteiger partial charge is 0.251 e. The van der Waals surface area contributed by atoms with Gasteiger partial charge in [-0.15, -0.1) is 0 Å². The highest BCUT2D eigenvalue weighted by Gasteiger charge is 2.31. The van der Waals surface area contributed by atoms with Crippen LogP contribution < -0.4 is 15.4 Å². The minimum Gasteiger partial charge on any atom is -0.495 e. The van der Waals surface area contributed by atoms with Crippen LogP contribution in [0.2, 0.25) is 0 Å². The molecule has 1 atom stereocenters. The predicted molar refractivity (Wildman–Crippen MR) is 161 cm³/mol. The van der Waals surface area contributed by atoms with Gasteiger partial charge in [-0.25, -0.2) is 9.97 Å². The van der Waals surface area contributed by atoms with Crippen molar-refractivity contribution in [1.82, 2.24) is 30.0 Å². The summed E-state index contributed by atoms with van der Waals surface area (Å²) in [4.78, 5) is 24.9. The number of carbonyl (C=O) groups is 1. The first kappa shape index (κ1) is 27.9. The van der Waals surface area contributed by atoms with Gasteiger partial charge >= 0.3 is 0 Å². The van der Waals surface area contributed by atoms with Crippen molar-refractivity contribution >= 4 is 17.5 Å². The lowest BCUT2D eigenvalue weighted by molar-refractivity contribution is 0.0916. The lowest BCUT2D eigenvalue weighted by Gasteiger charge is -2.29. The van der Waals surface area contributed by atoms with E-state index in [1.165, 1.54) is 0 Å². The van der Waals surface area contributed by atoms with Crippen LogP contribution in [0.4, 0.5) is 11.6 Å². The van der Waals surface area contributed by atoms with E-state index >= 15 is 0 Å². The second-order valence-corrected chi connectivity index (χ2v) is 11.0. The maximum absolute atomic E-state index is 13.0. The van der Waals surface area contributed by atoms with Crippen molar-refractivity contribution in [2.75, 3.05) is 39.7 Å². The number of fused-ring (bicyclic) bond motifs is 3. The molecule has 4 aromatic rings. The van der Waals surface area contributed by atoms with Crippen LogP contribution in [0, 0.1) is 0 Å². The second-order valence-electron chi connectivity index (χ2n) is 11.0. The quantitative estimate of drug-likeness (QED) is 0.325. The van der Waals surface area contributed by atoms with Crippen molar-refractivity contribution in [3.8, 4) is 17.0 Å². The number of likely N-dealkylation sites (tertiary alicyclic amines) is 1. The Bertz CT molecular complexity index is 1580. The molecule has 218 valence electrons. The number of rotatable bonds is 8. The summed E-state index contributed by atoms with van der Waals surface area (Å²) in [6.45, 7) is 1.97. The fourth-order valence-electron chi connectivity index (χ4n) is 5.96. The fraction of sp³-hybridized carbons (Fsp3) is 0.375. The number of nitrogens with one attached hydrogen (secondary N) is 2. The van der Waals surface area contributed by atoms with E-state index in [2.05, 4.69) is 39.7 Å². The normalized spacial score (nSPS) is 15.9. The molecule has 10 nitrogen and oxygen atoms in total. The van der Waals surface area contributed by atoms with E-state index in [1.807, 2.05) is 42.2 Å². The minimum atomic E-state index is -0.293. The largest absolute Gasteiger partial charge is 0.495 e. The van der Waals surface area contributed by atoms with E-state index in [9.17, 15) is 4.79 Å². The van der Waals surface area contributed by atoms with Gasteiger partial charge in [0.1, 0.15) is 11.9 Å². The van der Waals surface area contributed by atoms with Crippen molar-refractivity contribution in [1.29, 1.82) is 0 Å². The average Bonchev–Trinajstić information content (AvgIpc) is 3.35. The molecule has 1 saturated heterocycles. The molecule has 2 aromatic heterocycles. The molecule has 10 heteroatoms. The van der Waals surface area contributed by atoms with Crippen molar-refractivity contribution < 1.29 is 14.3 Å². The number of aromatic nitrogens is 4. The van der Waals surface area contributed by atoms with Gasteiger partial charge in [0.15, 0.2) is 0 Å². The van der Waals surface area contributed by atoms with Crippen LogP contribution in [0.1, 0.15) is 51.8 Å². The van der Waals surface area contributed by atoms with E-state index in [1.54, 1.807) is 26.4 Å². The Balaban J connectivity index is 1.28. The molecule has 0 bridgehead atoms. The van der Waals surface area contributed by atoms with Crippen LogP contribution in [-0.4, -0.2) is 71.0 Å². The lowest BCUT2D eigenvalue weighted by Crippen LogP contribution is -2.43. The summed E-state index contributed by atoms with van der Waals surface area (Å²) in [6, 6.07) is 15.7. The zero-order valence-electron chi connectivity index (χ0n) is 24.6. The van der Waals surface area contributed by atoms with Gasteiger partial charge in [0.2, 0.25) is 5.95 Å². The Morgan fingerprint density at radius 2 is 1.83 bits per heavy atom. The predicted octanol–water partition coefficient (Wildman–Crippen LogP) is 4.29. The first-order valence-electron chi connectivity index (χ1n) is 14.4. The maximum Gasteiger partial charge on any atom is 0.251 e. The van der Waals surface area contributed by atoms with Gasteiger partial charge in [-0.3, -0.25) is 9.48 Å². The Labute approximate surface area is 246 Å². The number of ether oxygens (including phenoxy) is 2.